The summed E-state index contributed by atoms with van der Waals surface area (Å²) in [4.78, 5) is 15.9. The summed E-state index contributed by atoms with van der Waals surface area (Å²) < 4.78 is 25.0. The van der Waals surface area contributed by atoms with E-state index in [-0.39, 0.29) is 24.6 Å². The molecule has 1 saturated heterocycles. The molecule has 1 aromatic heterocycles. The van der Waals surface area contributed by atoms with E-state index < -0.39 is 10.0 Å². The lowest BCUT2D eigenvalue weighted by atomic mass is 10.3. The van der Waals surface area contributed by atoms with Crippen LogP contribution in [0.15, 0.2) is 18.3 Å². The minimum absolute atomic E-state index is 0.167. The Bertz CT molecular complexity index is 586. The first-order valence-electron chi connectivity index (χ1n) is 6.68. The van der Waals surface area contributed by atoms with Crippen LogP contribution in [-0.2, 0) is 14.8 Å². The molecule has 110 valence electrons. The predicted molar refractivity (Wildman–Crippen MR) is 76.8 cm³/mol. The van der Waals surface area contributed by atoms with Gasteiger partial charge in [-0.25, -0.2) is 12.7 Å². The largest absolute Gasteiger partial charge is 0.326 e. The van der Waals surface area contributed by atoms with E-state index in [1.165, 1.54) is 4.31 Å². The van der Waals surface area contributed by atoms with Gasteiger partial charge in [-0.1, -0.05) is 0 Å². The van der Waals surface area contributed by atoms with Crippen LogP contribution in [0.5, 0.6) is 0 Å². The van der Waals surface area contributed by atoms with Crippen molar-refractivity contribution in [2.45, 2.75) is 26.2 Å². The van der Waals surface area contributed by atoms with E-state index in [0.717, 1.165) is 12.1 Å². The summed E-state index contributed by atoms with van der Waals surface area (Å²) in [5.74, 6) is 0.00871. The maximum atomic E-state index is 11.8. The van der Waals surface area contributed by atoms with Crippen molar-refractivity contribution in [3.63, 3.8) is 0 Å². The maximum absolute atomic E-state index is 11.8. The molecule has 0 atom stereocenters. The normalized spacial score (nSPS) is 18.6. The lowest BCUT2D eigenvalue weighted by Crippen LogP contribution is -2.39. The number of anilines is 1. The maximum Gasteiger partial charge on any atom is 0.225 e. The highest BCUT2D eigenvalue weighted by Crippen LogP contribution is 2.14. The fourth-order valence-electron chi connectivity index (χ4n) is 2.16. The topological polar surface area (TPSA) is 79.4 Å². The van der Waals surface area contributed by atoms with Crippen molar-refractivity contribution in [2.75, 3.05) is 24.2 Å². The molecule has 2 rings (SSSR count). The lowest BCUT2D eigenvalue weighted by molar-refractivity contribution is -0.116. The second-order valence-corrected chi connectivity index (χ2v) is 6.99. The Labute approximate surface area is 119 Å². The first-order chi connectivity index (χ1) is 9.47. The van der Waals surface area contributed by atoms with Gasteiger partial charge in [0.2, 0.25) is 15.9 Å². The van der Waals surface area contributed by atoms with E-state index in [4.69, 9.17) is 0 Å². The highest BCUT2D eigenvalue weighted by atomic mass is 32.2. The number of aryl methyl sites for hydroxylation is 1. The van der Waals surface area contributed by atoms with Gasteiger partial charge in [0, 0.05) is 37.1 Å². The number of carbonyl (C=O) groups excluding carboxylic acids is 1. The van der Waals surface area contributed by atoms with Gasteiger partial charge in [-0.2, -0.15) is 0 Å². The minimum Gasteiger partial charge on any atom is -0.326 e. The lowest BCUT2D eigenvalue weighted by Gasteiger charge is -2.25. The summed E-state index contributed by atoms with van der Waals surface area (Å²) in [6.07, 6.45) is 3.37. The number of sulfonamides is 1. The van der Waals surface area contributed by atoms with Gasteiger partial charge in [0.15, 0.2) is 0 Å². The number of rotatable bonds is 4. The number of hydrogen-bond donors (Lipinski definition) is 1. The van der Waals surface area contributed by atoms with E-state index in [9.17, 15) is 13.2 Å². The van der Waals surface area contributed by atoms with E-state index >= 15 is 0 Å². The first-order valence-corrected chi connectivity index (χ1v) is 8.29. The summed E-state index contributed by atoms with van der Waals surface area (Å²) in [5, 5.41) is 2.75. The van der Waals surface area contributed by atoms with Gasteiger partial charge in [-0.05, 0) is 31.9 Å². The molecule has 1 fully saturated rings. The molecule has 0 aliphatic carbocycles. The quantitative estimate of drug-likeness (QED) is 0.904. The van der Waals surface area contributed by atoms with Crippen LogP contribution in [0, 0.1) is 6.92 Å². The van der Waals surface area contributed by atoms with Gasteiger partial charge in [0.25, 0.3) is 0 Å². The molecule has 1 aliphatic heterocycles. The first kappa shape index (κ1) is 14.9. The zero-order valence-corrected chi connectivity index (χ0v) is 12.3. The molecule has 0 spiro atoms. The van der Waals surface area contributed by atoms with Gasteiger partial charge in [0.1, 0.15) is 0 Å². The molecule has 0 saturated carbocycles. The molecule has 0 unspecified atom stereocenters. The second kappa shape index (κ2) is 6.32. The van der Waals surface area contributed by atoms with Crippen LogP contribution in [0.4, 0.5) is 5.69 Å². The smallest absolute Gasteiger partial charge is 0.225 e. The van der Waals surface area contributed by atoms with Gasteiger partial charge in [-0.15, -0.1) is 0 Å². The van der Waals surface area contributed by atoms with E-state index in [1.807, 2.05) is 6.92 Å². The van der Waals surface area contributed by atoms with Crippen LogP contribution in [-0.4, -0.2) is 42.5 Å². The van der Waals surface area contributed by atoms with E-state index in [2.05, 4.69) is 10.3 Å². The molecular formula is C13H19N3O3S. The number of nitrogens with one attached hydrogen (secondary N) is 1. The number of aromatic nitrogens is 1. The molecule has 0 bridgehead atoms. The summed E-state index contributed by atoms with van der Waals surface area (Å²) in [7, 11) is -3.16. The molecular weight excluding hydrogens is 278 g/mol. The Balaban J connectivity index is 1.86. The SMILES string of the molecule is Cc1cc(NC(=O)CCN2CCCCS2(=O)=O)ccn1. The average Bonchev–Trinajstić information content (AvgIpc) is 2.37. The Morgan fingerprint density at radius 2 is 2.25 bits per heavy atom. The molecule has 0 radical (unpaired) electrons. The third-order valence-corrected chi connectivity index (χ3v) is 5.18. The second-order valence-electron chi connectivity index (χ2n) is 4.91. The zero-order chi connectivity index (χ0) is 14.6. The van der Waals surface area contributed by atoms with Crippen molar-refractivity contribution in [2.24, 2.45) is 0 Å². The van der Waals surface area contributed by atoms with Gasteiger partial charge >= 0.3 is 0 Å². The van der Waals surface area contributed by atoms with Crippen LogP contribution < -0.4 is 5.32 Å². The highest BCUT2D eigenvalue weighted by Gasteiger charge is 2.25. The zero-order valence-electron chi connectivity index (χ0n) is 11.5. The van der Waals surface area contributed by atoms with Crippen molar-refractivity contribution in [3.05, 3.63) is 24.0 Å². The number of amides is 1. The molecule has 6 nitrogen and oxygen atoms in total. The fraction of sp³-hybridized carbons (Fsp3) is 0.538. The molecule has 1 N–H and O–H groups in total. The molecule has 1 aliphatic rings. The van der Waals surface area contributed by atoms with Crippen molar-refractivity contribution < 1.29 is 13.2 Å². The van der Waals surface area contributed by atoms with Crippen LogP contribution in [0.1, 0.15) is 25.0 Å². The predicted octanol–water partition coefficient (Wildman–Crippen LogP) is 1.14. The average molecular weight is 297 g/mol. The fourth-order valence-corrected chi connectivity index (χ4v) is 3.77. The van der Waals surface area contributed by atoms with Crippen LogP contribution in [0.25, 0.3) is 0 Å². The standard InChI is InChI=1S/C13H19N3O3S/c1-11-10-12(4-6-14-11)15-13(17)5-8-16-7-2-3-9-20(16,18)19/h4,6,10H,2-3,5,7-9H2,1H3,(H,14,15,17). The van der Waals surface area contributed by atoms with Crippen LogP contribution in [0.3, 0.4) is 0 Å². The number of nitrogens with zero attached hydrogens (tertiary/aromatic N) is 2. The van der Waals surface area contributed by atoms with Crippen molar-refractivity contribution in [3.8, 4) is 0 Å². The Hall–Kier alpha value is -1.47. The Morgan fingerprint density at radius 1 is 1.45 bits per heavy atom. The summed E-state index contributed by atoms with van der Waals surface area (Å²) >= 11 is 0. The van der Waals surface area contributed by atoms with Crippen molar-refractivity contribution in [1.82, 2.24) is 9.29 Å². The van der Waals surface area contributed by atoms with Gasteiger partial charge in [-0.3, -0.25) is 9.78 Å². The third-order valence-electron chi connectivity index (χ3n) is 3.22. The minimum atomic E-state index is -3.16. The summed E-state index contributed by atoms with van der Waals surface area (Å²) in [6.45, 7) is 2.61. The number of pyridine rings is 1. The van der Waals surface area contributed by atoms with E-state index in [0.29, 0.717) is 18.7 Å². The Kier molecular flexibility index (Phi) is 4.72. The molecule has 0 aromatic carbocycles. The molecule has 1 amide bonds. The Morgan fingerprint density at radius 3 is 2.95 bits per heavy atom. The van der Waals surface area contributed by atoms with Crippen LogP contribution >= 0.6 is 0 Å². The molecule has 1 aromatic rings. The van der Waals surface area contributed by atoms with Gasteiger partial charge < -0.3 is 5.32 Å². The molecule has 2 heterocycles. The molecule has 20 heavy (non-hydrogen) atoms. The monoisotopic (exact) mass is 297 g/mol. The van der Waals surface area contributed by atoms with Crippen molar-refractivity contribution >= 4 is 21.6 Å². The number of carbonyl (C=O) groups is 1. The van der Waals surface area contributed by atoms with Crippen molar-refractivity contribution in [1.29, 1.82) is 0 Å². The molecule has 7 heteroatoms. The summed E-state index contributed by atoms with van der Waals surface area (Å²) in [6, 6.07) is 3.48. The van der Waals surface area contributed by atoms with Gasteiger partial charge in [0.05, 0.1) is 5.75 Å². The summed E-state index contributed by atoms with van der Waals surface area (Å²) in [5.41, 5.74) is 1.51. The van der Waals surface area contributed by atoms with E-state index in [1.54, 1.807) is 18.3 Å². The third kappa shape index (κ3) is 4.01. The van der Waals surface area contributed by atoms with Crippen LogP contribution in [0.2, 0.25) is 0 Å². The highest BCUT2D eigenvalue weighted by molar-refractivity contribution is 7.89. The number of hydrogen-bond acceptors (Lipinski definition) is 4.